The van der Waals surface area contributed by atoms with Crippen molar-refractivity contribution < 1.29 is 29.6 Å². The highest BCUT2D eigenvalue weighted by Gasteiger charge is 2.79. The van der Waals surface area contributed by atoms with Gasteiger partial charge in [0, 0.05) is 17.3 Å². The molecule has 10 atom stereocenters. The number of fused-ring (bicyclic) bond motifs is 4. The molecule has 0 aromatic heterocycles. The van der Waals surface area contributed by atoms with Gasteiger partial charge in [0.25, 0.3) is 0 Å². The van der Waals surface area contributed by atoms with Crippen LogP contribution in [0.2, 0.25) is 0 Å². The van der Waals surface area contributed by atoms with Crippen LogP contribution in [0.4, 0.5) is 0 Å². The summed E-state index contributed by atoms with van der Waals surface area (Å²) in [6.45, 7) is 3.97. The summed E-state index contributed by atoms with van der Waals surface area (Å²) in [4.78, 5) is 24.8. The lowest BCUT2D eigenvalue weighted by Crippen LogP contribution is -2.66. The molecule has 28 heavy (non-hydrogen) atoms. The number of aliphatic hydroxyl groups excluding tert-OH is 2. The molecule has 1 heterocycles. The molecular weight excluding hydrogens is 384 g/mol. The van der Waals surface area contributed by atoms with Crippen LogP contribution in [0.3, 0.4) is 0 Å². The van der Waals surface area contributed by atoms with Crippen LogP contribution in [-0.2, 0) is 14.3 Å². The van der Waals surface area contributed by atoms with E-state index in [1.165, 1.54) is 0 Å². The van der Waals surface area contributed by atoms with E-state index in [0.717, 1.165) is 12.8 Å². The zero-order valence-electron chi connectivity index (χ0n) is 16.4. The Hall–Kier alpha value is -0.530. The molecule has 1 saturated heterocycles. The number of epoxide rings is 1. The zero-order valence-corrected chi connectivity index (χ0v) is 17.1. The van der Waals surface area contributed by atoms with Gasteiger partial charge >= 0.3 is 0 Å². The first-order chi connectivity index (χ1) is 13.1. The SMILES string of the molecule is C[C@]12C[C@H](O)[C@H]3[C@@H](CC[C@]45OC4C(=O)CC[C@]35C)[C@@H]1C[C@@H](O)[C@]2(O)C(=O)CCl. The van der Waals surface area contributed by atoms with Gasteiger partial charge < -0.3 is 20.1 Å². The number of alkyl halides is 1. The number of carbonyl (C=O) groups is 2. The first kappa shape index (κ1) is 19.4. The number of rotatable bonds is 2. The minimum absolute atomic E-state index is 0.0641. The summed E-state index contributed by atoms with van der Waals surface area (Å²) >= 11 is 5.77. The summed E-state index contributed by atoms with van der Waals surface area (Å²) < 4.78 is 6.01. The molecule has 5 fully saturated rings. The molecule has 5 rings (SSSR count). The van der Waals surface area contributed by atoms with Crippen molar-refractivity contribution in [2.24, 2.45) is 28.6 Å². The molecule has 4 aliphatic carbocycles. The predicted molar refractivity (Wildman–Crippen MR) is 99.7 cm³/mol. The van der Waals surface area contributed by atoms with Gasteiger partial charge in [-0.2, -0.15) is 0 Å². The Bertz CT molecular complexity index is 757. The summed E-state index contributed by atoms with van der Waals surface area (Å²) in [5.41, 5.74) is -3.62. The summed E-state index contributed by atoms with van der Waals surface area (Å²) in [6.07, 6.45) is 0.992. The Labute approximate surface area is 169 Å². The van der Waals surface area contributed by atoms with E-state index in [9.17, 15) is 24.9 Å². The fourth-order valence-corrected chi connectivity index (χ4v) is 8.44. The van der Waals surface area contributed by atoms with E-state index in [-0.39, 0.29) is 47.4 Å². The lowest BCUT2D eigenvalue weighted by molar-refractivity contribution is -0.203. The maximum atomic E-state index is 12.6. The van der Waals surface area contributed by atoms with Crippen LogP contribution in [-0.4, -0.2) is 62.3 Å². The molecule has 3 N–H and O–H groups in total. The molecule has 6 nitrogen and oxygen atoms in total. The number of carbonyl (C=O) groups excluding carboxylic acids is 2. The van der Waals surface area contributed by atoms with Gasteiger partial charge in [-0.25, -0.2) is 0 Å². The highest BCUT2D eigenvalue weighted by molar-refractivity contribution is 6.29. The highest BCUT2D eigenvalue weighted by Crippen LogP contribution is 2.73. The van der Waals surface area contributed by atoms with Crippen LogP contribution in [0, 0.1) is 28.6 Å². The Morgan fingerprint density at radius 1 is 1.25 bits per heavy atom. The van der Waals surface area contributed by atoms with E-state index in [2.05, 4.69) is 6.92 Å². The first-order valence-corrected chi connectivity index (χ1v) is 11.0. The lowest BCUT2D eigenvalue weighted by atomic mass is 9.43. The van der Waals surface area contributed by atoms with Crippen molar-refractivity contribution in [3.05, 3.63) is 0 Å². The van der Waals surface area contributed by atoms with Crippen LogP contribution in [0.1, 0.15) is 52.4 Å². The van der Waals surface area contributed by atoms with Gasteiger partial charge in [-0.15, -0.1) is 11.6 Å². The zero-order chi connectivity index (χ0) is 20.3. The Morgan fingerprint density at radius 3 is 2.64 bits per heavy atom. The van der Waals surface area contributed by atoms with E-state index in [1.807, 2.05) is 6.92 Å². The molecule has 1 unspecified atom stereocenters. The van der Waals surface area contributed by atoms with E-state index in [1.54, 1.807) is 0 Å². The van der Waals surface area contributed by atoms with Crippen molar-refractivity contribution in [3.63, 3.8) is 0 Å². The molecule has 0 amide bonds. The molecule has 0 aromatic rings. The molecule has 0 radical (unpaired) electrons. The van der Waals surface area contributed by atoms with Crippen molar-refractivity contribution in [1.29, 1.82) is 0 Å². The third kappa shape index (κ3) is 1.91. The van der Waals surface area contributed by atoms with E-state index in [0.29, 0.717) is 19.3 Å². The topological polar surface area (TPSA) is 107 Å². The molecule has 5 aliphatic rings. The molecule has 156 valence electrons. The summed E-state index contributed by atoms with van der Waals surface area (Å²) in [6, 6.07) is 0. The second-order valence-electron chi connectivity index (χ2n) is 10.4. The maximum absolute atomic E-state index is 12.6. The number of aliphatic hydroxyl groups is 3. The van der Waals surface area contributed by atoms with Crippen LogP contribution in [0.15, 0.2) is 0 Å². The van der Waals surface area contributed by atoms with Crippen LogP contribution in [0.25, 0.3) is 0 Å². The number of Topliss-reactive ketones (excluding diaryl/α,β-unsaturated/α-hetero) is 2. The molecule has 1 aliphatic heterocycles. The third-order valence-electron chi connectivity index (χ3n) is 9.65. The Balaban J connectivity index is 1.56. The normalized spacial score (nSPS) is 59.7. The predicted octanol–water partition coefficient (Wildman–Crippen LogP) is 1.21. The number of hydrogen-bond donors (Lipinski definition) is 3. The number of halogens is 1. The minimum atomic E-state index is -1.93. The van der Waals surface area contributed by atoms with Crippen molar-refractivity contribution >= 4 is 23.2 Å². The van der Waals surface area contributed by atoms with Crippen LogP contribution >= 0.6 is 11.6 Å². The van der Waals surface area contributed by atoms with Gasteiger partial charge in [0.2, 0.25) is 0 Å². The summed E-state index contributed by atoms with van der Waals surface area (Å²) in [7, 11) is 0. The number of ketones is 2. The molecule has 0 aromatic carbocycles. The lowest BCUT2D eigenvalue weighted by Gasteiger charge is -2.61. The van der Waals surface area contributed by atoms with Crippen LogP contribution in [0.5, 0.6) is 0 Å². The molecular formula is C21H29ClO6. The summed E-state index contributed by atoms with van der Waals surface area (Å²) in [5, 5.41) is 33.4. The number of ether oxygens (including phenoxy) is 1. The second-order valence-corrected chi connectivity index (χ2v) is 10.6. The van der Waals surface area contributed by atoms with Gasteiger partial charge in [-0.3, -0.25) is 9.59 Å². The molecule has 7 heteroatoms. The minimum Gasteiger partial charge on any atom is -0.393 e. The standard InChI is InChI=1S/C21H29ClO6/c1-18-5-4-12(23)17-20(18,28-17)6-3-10-11-7-14(25)21(27,15(26)9-22)19(11,2)8-13(24)16(10)18/h10-11,13-14,16-17,24-25,27H,3-9H2,1-2H3/t10-,11-,13-,14+,16+,17?,18+,19-,20-,21-/m0/s1. The number of hydrogen-bond acceptors (Lipinski definition) is 6. The fraction of sp³-hybridized carbons (Fsp3) is 0.905. The van der Waals surface area contributed by atoms with E-state index in [4.69, 9.17) is 16.3 Å². The average molecular weight is 413 g/mol. The van der Waals surface area contributed by atoms with E-state index < -0.39 is 34.6 Å². The van der Waals surface area contributed by atoms with Crippen molar-refractivity contribution in [2.45, 2.75) is 81.9 Å². The average Bonchev–Trinajstić information content (AvgIpc) is 3.36. The van der Waals surface area contributed by atoms with Crippen molar-refractivity contribution in [2.75, 3.05) is 5.88 Å². The molecule has 4 saturated carbocycles. The Kier molecular flexibility index (Phi) is 3.87. The highest BCUT2D eigenvalue weighted by atomic mass is 35.5. The van der Waals surface area contributed by atoms with Gasteiger partial charge in [0.15, 0.2) is 17.2 Å². The largest absolute Gasteiger partial charge is 0.393 e. The Morgan fingerprint density at radius 2 is 1.96 bits per heavy atom. The fourth-order valence-electron chi connectivity index (χ4n) is 8.24. The first-order valence-electron chi connectivity index (χ1n) is 10.4. The van der Waals surface area contributed by atoms with Gasteiger partial charge in [-0.1, -0.05) is 13.8 Å². The van der Waals surface area contributed by atoms with Crippen molar-refractivity contribution in [3.8, 4) is 0 Å². The van der Waals surface area contributed by atoms with Gasteiger partial charge in [0.05, 0.1) is 18.1 Å². The van der Waals surface area contributed by atoms with Crippen LogP contribution < -0.4 is 0 Å². The maximum Gasteiger partial charge on any atom is 0.182 e. The molecule has 1 spiro atoms. The van der Waals surface area contributed by atoms with Crippen molar-refractivity contribution in [1.82, 2.24) is 0 Å². The monoisotopic (exact) mass is 412 g/mol. The summed E-state index contributed by atoms with van der Waals surface area (Å²) in [5.74, 6) is -0.850. The quantitative estimate of drug-likeness (QED) is 0.465. The van der Waals surface area contributed by atoms with Gasteiger partial charge in [-0.05, 0) is 49.9 Å². The van der Waals surface area contributed by atoms with Gasteiger partial charge in [0.1, 0.15) is 11.7 Å². The molecule has 0 bridgehead atoms. The third-order valence-corrected chi connectivity index (χ3v) is 9.89. The smallest absolute Gasteiger partial charge is 0.182 e. The van der Waals surface area contributed by atoms with E-state index >= 15 is 0 Å². The second kappa shape index (κ2) is 5.58.